The van der Waals surface area contributed by atoms with Gasteiger partial charge in [-0.25, -0.2) is 9.98 Å². The van der Waals surface area contributed by atoms with E-state index < -0.39 is 0 Å². The summed E-state index contributed by atoms with van der Waals surface area (Å²) in [7, 11) is 3.70. The molecule has 1 aromatic rings. The van der Waals surface area contributed by atoms with Crippen molar-refractivity contribution in [2.45, 2.75) is 13.8 Å². The van der Waals surface area contributed by atoms with Crippen LogP contribution in [0.1, 0.15) is 29.8 Å². The maximum Gasteiger partial charge on any atom is 0.226 e. The molecule has 30 heavy (non-hydrogen) atoms. The summed E-state index contributed by atoms with van der Waals surface area (Å²) >= 11 is 0. The van der Waals surface area contributed by atoms with Crippen LogP contribution in [0.2, 0.25) is 0 Å². The van der Waals surface area contributed by atoms with E-state index in [1.165, 1.54) is 6.21 Å². The molecule has 1 aliphatic heterocycles. The SMILES string of the molecule is C#C/C=C\C(=C/C)N/C(C)=C(\C=N)C1=C2N=C(N(C)C)N=C2c2ccccc2C1=O. The number of benzene rings is 1. The predicted octanol–water partition coefficient (Wildman–Crippen LogP) is 3.46. The summed E-state index contributed by atoms with van der Waals surface area (Å²) in [5.41, 5.74) is 4.66. The lowest BCUT2D eigenvalue weighted by Gasteiger charge is -2.21. The number of hydrogen-bond acceptors (Lipinski definition) is 6. The van der Waals surface area contributed by atoms with Crippen LogP contribution in [0.5, 0.6) is 0 Å². The Morgan fingerprint density at radius 2 is 1.93 bits per heavy atom. The molecule has 0 aromatic heterocycles. The molecule has 0 amide bonds. The van der Waals surface area contributed by atoms with Gasteiger partial charge in [0.25, 0.3) is 0 Å². The van der Waals surface area contributed by atoms with E-state index in [0.717, 1.165) is 11.3 Å². The van der Waals surface area contributed by atoms with Crippen molar-refractivity contribution in [2.75, 3.05) is 14.1 Å². The second kappa shape index (κ2) is 8.58. The van der Waals surface area contributed by atoms with Crippen molar-refractivity contribution in [1.82, 2.24) is 10.2 Å². The van der Waals surface area contributed by atoms with Gasteiger partial charge in [0.1, 0.15) is 11.4 Å². The number of nitrogens with one attached hydrogen (secondary N) is 2. The Labute approximate surface area is 176 Å². The molecular formula is C24H23N5O. The van der Waals surface area contributed by atoms with Gasteiger partial charge in [0.05, 0.1) is 5.57 Å². The Morgan fingerprint density at radius 1 is 1.23 bits per heavy atom. The molecule has 0 spiro atoms. The van der Waals surface area contributed by atoms with Crippen molar-refractivity contribution in [3.05, 3.63) is 81.9 Å². The summed E-state index contributed by atoms with van der Waals surface area (Å²) < 4.78 is 0. The molecule has 0 fully saturated rings. The number of fused-ring (bicyclic) bond motifs is 3. The van der Waals surface area contributed by atoms with Crippen LogP contribution in [0, 0.1) is 17.8 Å². The zero-order valence-electron chi connectivity index (χ0n) is 17.4. The predicted molar refractivity (Wildman–Crippen MR) is 122 cm³/mol. The molecule has 0 unspecified atom stereocenters. The molecule has 0 saturated carbocycles. The van der Waals surface area contributed by atoms with Gasteiger partial charge in [-0.2, -0.15) is 0 Å². The lowest BCUT2D eigenvalue weighted by Crippen LogP contribution is -2.24. The van der Waals surface area contributed by atoms with Crippen molar-refractivity contribution in [3.8, 4) is 12.3 Å². The highest BCUT2D eigenvalue weighted by atomic mass is 16.1. The van der Waals surface area contributed by atoms with Crippen LogP contribution >= 0.6 is 0 Å². The van der Waals surface area contributed by atoms with Gasteiger partial charge in [-0.1, -0.05) is 36.3 Å². The standard InChI is InChI=1S/C24H23N5O/c1-6-8-11-16(7-2)26-15(3)19(14-25)20-22-21(27-24(28-22)29(4)5)17-12-9-10-13-18(17)23(20)30/h1,7-14,25-26H,2-5H3/b11-8-,16-7+,19-15+,25-14?. The van der Waals surface area contributed by atoms with Crippen molar-refractivity contribution in [3.63, 3.8) is 0 Å². The highest BCUT2D eigenvalue weighted by molar-refractivity contribution is 6.34. The van der Waals surface area contributed by atoms with Crippen LogP contribution in [0.25, 0.3) is 0 Å². The monoisotopic (exact) mass is 397 g/mol. The molecule has 1 aliphatic carbocycles. The molecule has 0 bridgehead atoms. The van der Waals surface area contributed by atoms with E-state index in [2.05, 4.69) is 21.2 Å². The highest BCUT2D eigenvalue weighted by Crippen LogP contribution is 2.34. The summed E-state index contributed by atoms with van der Waals surface area (Å²) in [4.78, 5) is 24.5. The van der Waals surface area contributed by atoms with Crippen molar-refractivity contribution in [2.24, 2.45) is 9.98 Å². The fourth-order valence-corrected chi connectivity index (χ4v) is 3.27. The van der Waals surface area contributed by atoms with Crippen LogP contribution in [-0.4, -0.2) is 42.7 Å². The third kappa shape index (κ3) is 3.65. The number of nitrogens with zero attached hydrogens (tertiary/aromatic N) is 3. The van der Waals surface area contributed by atoms with E-state index in [4.69, 9.17) is 11.8 Å². The van der Waals surface area contributed by atoms with E-state index in [0.29, 0.717) is 39.8 Å². The molecule has 2 aliphatic rings. The topological polar surface area (TPSA) is 80.9 Å². The number of carbonyl (C=O) groups excluding carboxylic acids is 1. The zero-order chi connectivity index (χ0) is 21.8. The van der Waals surface area contributed by atoms with Crippen LogP contribution in [0.4, 0.5) is 0 Å². The Kier molecular flexibility index (Phi) is 5.93. The molecular weight excluding hydrogens is 374 g/mol. The molecule has 6 heteroatoms. The van der Waals surface area contributed by atoms with E-state index in [9.17, 15) is 4.79 Å². The third-order valence-corrected chi connectivity index (χ3v) is 4.76. The second-order valence-electron chi connectivity index (χ2n) is 6.92. The average molecular weight is 397 g/mol. The zero-order valence-corrected chi connectivity index (χ0v) is 17.4. The number of hydrogen-bond donors (Lipinski definition) is 2. The van der Waals surface area contributed by atoms with Gasteiger partial charge in [-0.15, -0.1) is 6.42 Å². The largest absolute Gasteiger partial charge is 0.359 e. The quantitative estimate of drug-likeness (QED) is 0.454. The molecule has 0 saturated heterocycles. The van der Waals surface area contributed by atoms with Gasteiger partial charge in [0, 0.05) is 48.4 Å². The third-order valence-electron chi connectivity index (χ3n) is 4.76. The molecule has 0 atom stereocenters. The van der Waals surface area contributed by atoms with Crippen LogP contribution in [-0.2, 0) is 0 Å². The molecule has 1 aromatic carbocycles. The smallest absolute Gasteiger partial charge is 0.226 e. The number of carbonyl (C=O) groups is 1. The Hall–Kier alpha value is -3.98. The normalized spacial score (nSPS) is 16.4. The Morgan fingerprint density at radius 3 is 2.53 bits per heavy atom. The van der Waals surface area contributed by atoms with Gasteiger partial charge >= 0.3 is 0 Å². The number of rotatable bonds is 5. The van der Waals surface area contributed by atoms with Crippen molar-refractivity contribution < 1.29 is 4.79 Å². The first-order valence-electron chi connectivity index (χ1n) is 9.44. The summed E-state index contributed by atoms with van der Waals surface area (Å²) in [5, 5.41) is 11.3. The summed E-state index contributed by atoms with van der Waals surface area (Å²) in [6, 6.07) is 7.35. The van der Waals surface area contributed by atoms with Gasteiger partial charge in [0.2, 0.25) is 5.96 Å². The number of aliphatic imine (C=N–C) groups is 2. The van der Waals surface area contributed by atoms with Crippen LogP contribution in [0.3, 0.4) is 0 Å². The van der Waals surface area contributed by atoms with Gasteiger partial charge in [-0.05, 0) is 26.0 Å². The lowest BCUT2D eigenvalue weighted by molar-refractivity contribution is 0.103. The fraction of sp³-hybridized carbons (Fsp3) is 0.167. The van der Waals surface area contributed by atoms with Crippen LogP contribution < -0.4 is 5.32 Å². The van der Waals surface area contributed by atoms with E-state index in [-0.39, 0.29) is 5.78 Å². The Bertz CT molecular complexity index is 1150. The van der Waals surface area contributed by atoms with Crippen molar-refractivity contribution >= 4 is 23.7 Å². The maximum absolute atomic E-state index is 13.5. The van der Waals surface area contributed by atoms with Crippen molar-refractivity contribution in [1.29, 1.82) is 5.41 Å². The number of guanidine groups is 1. The first-order chi connectivity index (χ1) is 14.4. The minimum Gasteiger partial charge on any atom is -0.359 e. The minimum absolute atomic E-state index is 0.177. The van der Waals surface area contributed by atoms with Gasteiger partial charge < -0.3 is 15.6 Å². The van der Waals surface area contributed by atoms with Crippen LogP contribution in [0.15, 0.2) is 80.7 Å². The second-order valence-corrected chi connectivity index (χ2v) is 6.92. The maximum atomic E-state index is 13.5. The van der Waals surface area contributed by atoms with Gasteiger partial charge in [0.15, 0.2) is 5.78 Å². The van der Waals surface area contributed by atoms with E-state index >= 15 is 0 Å². The Balaban J connectivity index is 2.21. The summed E-state index contributed by atoms with van der Waals surface area (Å²) in [6.45, 7) is 3.69. The molecule has 150 valence electrons. The number of allylic oxidation sites excluding steroid dienone is 7. The van der Waals surface area contributed by atoms with E-state index in [1.807, 2.05) is 52.2 Å². The summed E-state index contributed by atoms with van der Waals surface area (Å²) in [5.74, 6) is 2.79. The first-order valence-corrected chi connectivity index (χ1v) is 9.44. The molecule has 0 radical (unpaired) electrons. The summed E-state index contributed by atoms with van der Waals surface area (Å²) in [6.07, 6.45) is 11.7. The number of terminal acetylenes is 1. The average Bonchev–Trinajstić information content (AvgIpc) is 3.19. The van der Waals surface area contributed by atoms with Gasteiger partial charge in [-0.3, -0.25) is 4.79 Å². The molecule has 6 nitrogen and oxygen atoms in total. The first kappa shape index (κ1) is 20.7. The molecule has 1 heterocycles. The van der Waals surface area contributed by atoms with E-state index in [1.54, 1.807) is 23.1 Å². The molecule has 2 N–H and O–H groups in total. The minimum atomic E-state index is -0.177. The number of Topliss-reactive ketones (excluding diaryl/α,β-unsaturated/α-hetero) is 1. The fourth-order valence-electron chi connectivity index (χ4n) is 3.27. The number of ketones is 1. The molecule has 3 rings (SSSR count). The lowest BCUT2D eigenvalue weighted by atomic mass is 9.83. The highest BCUT2D eigenvalue weighted by Gasteiger charge is 2.35.